The van der Waals surface area contributed by atoms with Crippen molar-refractivity contribution in [2.24, 2.45) is 0 Å². The van der Waals surface area contributed by atoms with Crippen LogP contribution in [0.2, 0.25) is 0 Å². The van der Waals surface area contributed by atoms with Gasteiger partial charge in [-0.2, -0.15) is 0 Å². The second-order valence-electron chi connectivity index (χ2n) is 8.57. The highest BCUT2D eigenvalue weighted by Crippen LogP contribution is 2.29. The molecule has 1 aromatic carbocycles. The number of benzene rings is 1. The van der Waals surface area contributed by atoms with E-state index in [-0.39, 0.29) is 18.7 Å². The summed E-state index contributed by atoms with van der Waals surface area (Å²) < 4.78 is 0. The summed E-state index contributed by atoms with van der Waals surface area (Å²) in [6.45, 7) is 7.07. The van der Waals surface area contributed by atoms with Crippen molar-refractivity contribution >= 4 is 23.6 Å². The maximum atomic E-state index is 13.0. The van der Waals surface area contributed by atoms with Crippen molar-refractivity contribution < 1.29 is 19.2 Å². The Morgan fingerprint density at radius 3 is 2.40 bits per heavy atom. The van der Waals surface area contributed by atoms with Gasteiger partial charge in [-0.1, -0.05) is 6.07 Å². The fraction of sp³-hybridized carbons (Fsp3) is 0.545. The van der Waals surface area contributed by atoms with Crippen LogP contribution in [-0.4, -0.2) is 64.6 Å². The quantitative estimate of drug-likeness (QED) is 0.702. The van der Waals surface area contributed by atoms with E-state index in [2.05, 4.69) is 29.4 Å². The van der Waals surface area contributed by atoms with Crippen LogP contribution in [0.5, 0.6) is 0 Å². The normalized spacial score (nSPS) is 22.8. The van der Waals surface area contributed by atoms with Crippen molar-refractivity contribution in [1.82, 2.24) is 20.4 Å². The van der Waals surface area contributed by atoms with E-state index in [1.54, 1.807) is 12.1 Å². The third kappa shape index (κ3) is 3.77. The Balaban J connectivity index is 1.55. The number of nitrogens with one attached hydrogen (secondary N) is 2. The molecule has 0 saturated carbocycles. The van der Waals surface area contributed by atoms with Gasteiger partial charge in [-0.3, -0.25) is 34.3 Å². The van der Waals surface area contributed by atoms with Crippen molar-refractivity contribution in [2.75, 3.05) is 13.1 Å². The summed E-state index contributed by atoms with van der Waals surface area (Å²) in [4.78, 5) is 53.0. The average molecular weight is 412 g/mol. The van der Waals surface area contributed by atoms with Crippen molar-refractivity contribution in [3.8, 4) is 0 Å². The van der Waals surface area contributed by atoms with Crippen LogP contribution in [0, 0.1) is 0 Å². The van der Waals surface area contributed by atoms with Gasteiger partial charge in [-0.15, -0.1) is 0 Å². The van der Waals surface area contributed by atoms with E-state index < -0.39 is 23.8 Å². The topological polar surface area (TPSA) is 98.8 Å². The molecule has 0 aromatic heterocycles. The van der Waals surface area contributed by atoms with Gasteiger partial charge in [0.1, 0.15) is 6.04 Å². The molecule has 160 valence electrons. The summed E-state index contributed by atoms with van der Waals surface area (Å²) in [5.41, 5.74) is 1.65. The fourth-order valence-electron chi connectivity index (χ4n) is 4.70. The SMILES string of the molecule is CC(C)N(Cc1ccc2c(c1)C(=O)N(C1CCC(=O)NC1=O)C2=O)C1CCNCC1. The average Bonchev–Trinajstić information content (AvgIpc) is 2.97. The van der Waals surface area contributed by atoms with E-state index in [0.29, 0.717) is 29.8 Å². The molecule has 0 bridgehead atoms. The van der Waals surface area contributed by atoms with Crippen molar-refractivity contribution in [1.29, 1.82) is 0 Å². The molecule has 8 heteroatoms. The molecule has 3 aliphatic rings. The molecular weight excluding hydrogens is 384 g/mol. The fourth-order valence-corrected chi connectivity index (χ4v) is 4.70. The minimum Gasteiger partial charge on any atom is -0.317 e. The van der Waals surface area contributed by atoms with E-state index in [1.807, 2.05) is 6.07 Å². The highest BCUT2D eigenvalue weighted by molar-refractivity contribution is 6.23. The third-order valence-electron chi connectivity index (χ3n) is 6.31. The Labute approximate surface area is 176 Å². The predicted octanol–water partition coefficient (Wildman–Crippen LogP) is 1.05. The minimum atomic E-state index is -0.930. The number of piperidine rings is 2. The third-order valence-corrected chi connectivity index (χ3v) is 6.31. The van der Waals surface area contributed by atoms with Gasteiger partial charge >= 0.3 is 0 Å². The van der Waals surface area contributed by atoms with Crippen LogP contribution in [0.3, 0.4) is 0 Å². The highest BCUT2D eigenvalue weighted by atomic mass is 16.2. The number of imide groups is 2. The zero-order chi connectivity index (χ0) is 21.4. The van der Waals surface area contributed by atoms with Crippen molar-refractivity contribution in [2.45, 2.75) is 64.2 Å². The number of nitrogens with zero attached hydrogens (tertiary/aromatic N) is 2. The number of amides is 4. The summed E-state index contributed by atoms with van der Waals surface area (Å²) in [6, 6.07) is 5.29. The first-order valence-electron chi connectivity index (χ1n) is 10.7. The summed E-state index contributed by atoms with van der Waals surface area (Å²) in [6.07, 6.45) is 2.46. The van der Waals surface area contributed by atoms with Gasteiger partial charge in [0.25, 0.3) is 11.8 Å². The first kappa shape index (κ1) is 20.7. The summed E-state index contributed by atoms with van der Waals surface area (Å²) in [5.74, 6) is -1.88. The van der Waals surface area contributed by atoms with Gasteiger partial charge in [-0.05, 0) is 63.9 Å². The van der Waals surface area contributed by atoms with Gasteiger partial charge in [0.2, 0.25) is 11.8 Å². The summed E-state index contributed by atoms with van der Waals surface area (Å²) >= 11 is 0. The number of carbonyl (C=O) groups is 4. The van der Waals surface area contributed by atoms with Crippen molar-refractivity contribution in [3.63, 3.8) is 0 Å². The number of fused-ring (bicyclic) bond motifs is 1. The van der Waals surface area contributed by atoms with Crippen LogP contribution < -0.4 is 10.6 Å². The van der Waals surface area contributed by atoms with Gasteiger partial charge in [0, 0.05) is 25.0 Å². The number of hydrogen-bond acceptors (Lipinski definition) is 6. The van der Waals surface area contributed by atoms with E-state index >= 15 is 0 Å². The molecule has 30 heavy (non-hydrogen) atoms. The number of rotatable bonds is 5. The largest absolute Gasteiger partial charge is 0.317 e. The highest BCUT2D eigenvalue weighted by Gasteiger charge is 2.44. The van der Waals surface area contributed by atoms with Crippen LogP contribution in [-0.2, 0) is 16.1 Å². The monoisotopic (exact) mass is 412 g/mol. The molecular formula is C22H28N4O4. The molecule has 2 saturated heterocycles. The minimum absolute atomic E-state index is 0.120. The van der Waals surface area contributed by atoms with Crippen molar-refractivity contribution in [3.05, 3.63) is 34.9 Å². The molecule has 1 unspecified atom stereocenters. The lowest BCUT2D eigenvalue weighted by Crippen LogP contribution is -2.54. The molecule has 1 aromatic rings. The maximum Gasteiger partial charge on any atom is 0.262 e. The van der Waals surface area contributed by atoms with E-state index in [9.17, 15) is 19.2 Å². The Morgan fingerprint density at radius 2 is 1.73 bits per heavy atom. The van der Waals surface area contributed by atoms with Crippen LogP contribution in [0.15, 0.2) is 18.2 Å². The van der Waals surface area contributed by atoms with Gasteiger partial charge in [0.15, 0.2) is 0 Å². The van der Waals surface area contributed by atoms with Crippen LogP contribution >= 0.6 is 0 Å². The lowest BCUT2D eigenvalue weighted by molar-refractivity contribution is -0.136. The molecule has 0 aliphatic carbocycles. The van der Waals surface area contributed by atoms with Gasteiger partial charge in [0.05, 0.1) is 11.1 Å². The Kier molecular flexibility index (Phi) is 5.71. The second kappa shape index (κ2) is 8.28. The molecule has 4 rings (SSSR count). The molecule has 3 heterocycles. The molecule has 4 amide bonds. The molecule has 2 fully saturated rings. The molecule has 2 N–H and O–H groups in total. The Hall–Kier alpha value is -2.58. The predicted molar refractivity (Wildman–Crippen MR) is 110 cm³/mol. The Morgan fingerprint density at radius 1 is 1.03 bits per heavy atom. The lowest BCUT2D eigenvalue weighted by Gasteiger charge is -2.37. The van der Waals surface area contributed by atoms with E-state index in [4.69, 9.17) is 0 Å². The smallest absolute Gasteiger partial charge is 0.262 e. The Bertz CT molecular complexity index is 891. The van der Waals surface area contributed by atoms with Crippen LogP contribution in [0.25, 0.3) is 0 Å². The standard InChI is InChI=1S/C22H28N4O4/c1-13(2)25(15-7-9-23-10-8-15)12-14-3-4-16-17(11-14)22(30)26(21(16)29)18-5-6-19(27)24-20(18)28/h3-4,11,13,15,18,23H,5-10,12H2,1-2H3,(H,24,27,28). The molecule has 1 atom stereocenters. The van der Waals surface area contributed by atoms with E-state index in [0.717, 1.165) is 36.4 Å². The van der Waals surface area contributed by atoms with E-state index in [1.165, 1.54) is 0 Å². The number of hydrogen-bond donors (Lipinski definition) is 2. The lowest BCUT2D eigenvalue weighted by atomic mass is 10.0. The van der Waals surface area contributed by atoms with Crippen LogP contribution in [0.4, 0.5) is 0 Å². The molecule has 0 radical (unpaired) electrons. The first-order valence-corrected chi connectivity index (χ1v) is 10.7. The molecule has 0 spiro atoms. The molecule has 8 nitrogen and oxygen atoms in total. The maximum absolute atomic E-state index is 13.0. The summed E-state index contributed by atoms with van der Waals surface area (Å²) in [7, 11) is 0. The first-order chi connectivity index (χ1) is 14.4. The second-order valence-corrected chi connectivity index (χ2v) is 8.57. The van der Waals surface area contributed by atoms with Gasteiger partial charge < -0.3 is 5.32 Å². The van der Waals surface area contributed by atoms with Crippen LogP contribution in [0.1, 0.15) is 65.8 Å². The summed E-state index contributed by atoms with van der Waals surface area (Å²) in [5, 5.41) is 5.62. The number of carbonyl (C=O) groups excluding carboxylic acids is 4. The van der Waals surface area contributed by atoms with Gasteiger partial charge in [-0.25, -0.2) is 0 Å². The zero-order valence-corrected chi connectivity index (χ0v) is 17.4. The zero-order valence-electron chi connectivity index (χ0n) is 17.4. The molecule has 3 aliphatic heterocycles.